The van der Waals surface area contributed by atoms with Gasteiger partial charge in [-0.2, -0.15) is 5.26 Å². The smallest absolute Gasteiger partial charge is 0.326 e. The first-order valence-corrected chi connectivity index (χ1v) is 11.2. The van der Waals surface area contributed by atoms with Crippen LogP contribution in [0.5, 0.6) is 5.75 Å². The zero-order valence-corrected chi connectivity index (χ0v) is 18.5. The van der Waals surface area contributed by atoms with Gasteiger partial charge < -0.3 is 9.72 Å². The third kappa shape index (κ3) is 4.76. The number of methoxy groups -OCH3 is 1. The zero-order chi connectivity index (χ0) is 23.4. The SMILES string of the molecule is COc1ccc(-c2cc(C(F)F)c(C#N)c(SCCCn3c(=O)[nH]c4ccccc43)n2)cc1. The molecule has 0 fully saturated rings. The summed E-state index contributed by atoms with van der Waals surface area (Å²) in [7, 11) is 1.54. The van der Waals surface area contributed by atoms with E-state index in [1.54, 1.807) is 35.9 Å². The number of nitriles is 1. The van der Waals surface area contributed by atoms with Gasteiger partial charge in [0, 0.05) is 23.4 Å². The minimum absolute atomic E-state index is 0.114. The van der Waals surface area contributed by atoms with Crippen LogP contribution in [0, 0.1) is 11.3 Å². The highest BCUT2D eigenvalue weighted by Gasteiger charge is 2.20. The molecular weight excluding hydrogens is 446 g/mol. The molecule has 0 saturated carbocycles. The van der Waals surface area contributed by atoms with Crippen molar-refractivity contribution in [2.24, 2.45) is 0 Å². The van der Waals surface area contributed by atoms with Gasteiger partial charge in [0.25, 0.3) is 6.43 Å². The molecule has 0 saturated heterocycles. The summed E-state index contributed by atoms with van der Waals surface area (Å²) >= 11 is 1.24. The van der Waals surface area contributed by atoms with Gasteiger partial charge in [0.2, 0.25) is 0 Å². The van der Waals surface area contributed by atoms with Crippen LogP contribution in [0.4, 0.5) is 8.78 Å². The number of hydrogen-bond donors (Lipinski definition) is 1. The minimum Gasteiger partial charge on any atom is -0.497 e. The summed E-state index contributed by atoms with van der Waals surface area (Å²) in [5.74, 6) is 1.14. The van der Waals surface area contributed by atoms with Gasteiger partial charge in [-0.15, -0.1) is 11.8 Å². The largest absolute Gasteiger partial charge is 0.497 e. The Bertz CT molecular complexity index is 1370. The summed E-state index contributed by atoms with van der Waals surface area (Å²) in [4.78, 5) is 19.5. The van der Waals surface area contributed by atoms with Gasteiger partial charge in [0.05, 0.1) is 29.4 Å². The van der Waals surface area contributed by atoms with Crippen molar-refractivity contribution >= 4 is 22.8 Å². The Labute approximate surface area is 192 Å². The third-order valence-corrected chi connectivity index (χ3v) is 6.26. The van der Waals surface area contributed by atoms with Gasteiger partial charge in [-0.05, 0) is 48.9 Å². The van der Waals surface area contributed by atoms with E-state index in [0.29, 0.717) is 35.7 Å². The number of fused-ring (bicyclic) bond motifs is 1. The molecule has 0 atom stereocenters. The molecule has 1 N–H and O–H groups in total. The number of nitrogens with one attached hydrogen (secondary N) is 1. The number of imidazole rings is 1. The van der Waals surface area contributed by atoms with E-state index in [1.807, 2.05) is 30.3 Å². The van der Waals surface area contributed by atoms with Gasteiger partial charge in [-0.3, -0.25) is 4.57 Å². The van der Waals surface area contributed by atoms with Gasteiger partial charge >= 0.3 is 5.69 Å². The number of thioether (sulfide) groups is 1. The second-order valence-corrected chi connectivity index (χ2v) is 8.30. The third-order valence-electron chi connectivity index (χ3n) is 5.20. The molecular formula is C24H20F2N4O2S. The van der Waals surface area contributed by atoms with Crippen molar-refractivity contribution in [2.75, 3.05) is 12.9 Å². The summed E-state index contributed by atoms with van der Waals surface area (Å²) in [6.07, 6.45) is -2.21. The maximum absolute atomic E-state index is 13.7. The van der Waals surface area contributed by atoms with Crippen molar-refractivity contribution in [3.8, 4) is 23.1 Å². The fourth-order valence-electron chi connectivity index (χ4n) is 3.56. The van der Waals surface area contributed by atoms with Gasteiger partial charge in [0.1, 0.15) is 16.8 Å². The topological polar surface area (TPSA) is 83.7 Å². The second kappa shape index (κ2) is 9.88. The number of hydrogen-bond acceptors (Lipinski definition) is 5. The lowest BCUT2D eigenvalue weighted by Gasteiger charge is -2.12. The highest BCUT2D eigenvalue weighted by Crippen LogP contribution is 2.34. The Morgan fingerprint density at radius 3 is 2.67 bits per heavy atom. The molecule has 0 bridgehead atoms. The highest BCUT2D eigenvalue weighted by atomic mass is 32.2. The Morgan fingerprint density at radius 1 is 1.21 bits per heavy atom. The van der Waals surface area contributed by atoms with Crippen molar-refractivity contribution < 1.29 is 13.5 Å². The van der Waals surface area contributed by atoms with E-state index in [4.69, 9.17) is 4.74 Å². The van der Waals surface area contributed by atoms with Crippen LogP contribution >= 0.6 is 11.8 Å². The Hall–Kier alpha value is -3.64. The second-order valence-electron chi connectivity index (χ2n) is 7.22. The molecule has 0 aliphatic rings. The maximum Gasteiger partial charge on any atom is 0.326 e. The zero-order valence-electron chi connectivity index (χ0n) is 17.7. The maximum atomic E-state index is 13.7. The van der Waals surface area contributed by atoms with Crippen LogP contribution in [0.2, 0.25) is 0 Å². The number of aromatic nitrogens is 3. The van der Waals surface area contributed by atoms with Crippen molar-refractivity contribution in [2.45, 2.75) is 24.4 Å². The van der Waals surface area contributed by atoms with E-state index >= 15 is 0 Å². The first-order valence-electron chi connectivity index (χ1n) is 10.2. The van der Waals surface area contributed by atoms with Crippen molar-refractivity contribution in [1.29, 1.82) is 5.26 Å². The quantitative estimate of drug-likeness (QED) is 0.278. The van der Waals surface area contributed by atoms with Crippen molar-refractivity contribution in [3.63, 3.8) is 0 Å². The predicted octanol–water partition coefficient (Wildman–Crippen LogP) is 5.39. The highest BCUT2D eigenvalue weighted by molar-refractivity contribution is 7.99. The van der Waals surface area contributed by atoms with Crippen LogP contribution in [-0.2, 0) is 6.54 Å². The number of H-pyrrole nitrogens is 1. The average molecular weight is 467 g/mol. The normalized spacial score (nSPS) is 11.1. The van der Waals surface area contributed by atoms with Gasteiger partial charge in [-0.1, -0.05) is 12.1 Å². The predicted molar refractivity (Wildman–Crippen MR) is 124 cm³/mol. The van der Waals surface area contributed by atoms with Crippen LogP contribution in [0.1, 0.15) is 24.0 Å². The summed E-state index contributed by atoms with van der Waals surface area (Å²) in [6, 6.07) is 17.5. The molecule has 0 aliphatic carbocycles. The molecule has 2 aromatic heterocycles. The molecule has 168 valence electrons. The molecule has 2 aromatic carbocycles. The van der Waals surface area contributed by atoms with Crippen LogP contribution < -0.4 is 10.4 Å². The molecule has 0 spiro atoms. The number of rotatable bonds is 8. The lowest BCUT2D eigenvalue weighted by Crippen LogP contribution is -2.17. The average Bonchev–Trinajstić information content (AvgIpc) is 3.16. The number of aromatic amines is 1. The molecule has 0 amide bonds. The number of para-hydroxylation sites is 2. The fourth-order valence-corrected chi connectivity index (χ4v) is 4.50. The monoisotopic (exact) mass is 466 g/mol. The molecule has 0 aliphatic heterocycles. The fraction of sp³-hybridized carbons (Fsp3) is 0.208. The van der Waals surface area contributed by atoms with E-state index in [0.717, 1.165) is 11.0 Å². The molecule has 6 nitrogen and oxygen atoms in total. The molecule has 0 radical (unpaired) electrons. The van der Waals surface area contributed by atoms with E-state index < -0.39 is 6.43 Å². The molecule has 2 heterocycles. The van der Waals surface area contributed by atoms with Crippen LogP contribution in [-0.4, -0.2) is 27.4 Å². The Kier molecular flexibility index (Phi) is 6.75. The number of halogens is 2. The van der Waals surface area contributed by atoms with Crippen molar-refractivity contribution in [1.82, 2.24) is 14.5 Å². The molecule has 9 heteroatoms. The van der Waals surface area contributed by atoms with Crippen LogP contribution in [0.3, 0.4) is 0 Å². The summed E-state index contributed by atoms with van der Waals surface area (Å²) < 4.78 is 34.2. The van der Waals surface area contributed by atoms with E-state index in [-0.39, 0.29) is 21.8 Å². The summed E-state index contributed by atoms with van der Waals surface area (Å²) in [5.41, 5.74) is 1.93. The molecule has 33 heavy (non-hydrogen) atoms. The minimum atomic E-state index is -2.80. The molecule has 0 unspecified atom stereocenters. The number of aryl methyl sites for hydroxylation is 1. The summed E-state index contributed by atoms with van der Waals surface area (Å²) in [5, 5.41) is 9.79. The number of nitrogens with zero attached hydrogens (tertiary/aromatic N) is 3. The molecule has 4 aromatic rings. The van der Waals surface area contributed by atoms with Crippen LogP contribution in [0.25, 0.3) is 22.3 Å². The Balaban J connectivity index is 1.56. The first kappa shape index (κ1) is 22.6. The lowest BCUT2D eigenvalue weighted by molar-refractivity contribution is 0.150. The van der Waals surface area contributed by atoms with E-state index in [1.165, 1.54) is 17.8 Å². The first-order chi connectivity index (χ1) is 16.0. The van der Waals surface area contributed by atoms with Crippen molar-refractivity contribution in [3.05, 3.63) is 76.2 Å². The Morgan fingerprint density at radius 2 is 1.97 bits per heavy atom. The standard InChI is InChI=1S/C24H20F2N4O2S/c1-32-16-9-7-15(8-10-16)20-13-17(22(25)26)18(14-27)23(28-20)33-12-4-11-30-21-6-3-2-5-19(21)29-24(30)31/h2-3,5-10,13,22H,4,11-12H2,1H3,(H,29,31). The summed E-state index contributed by atoms with van der Waals surface area (Å²) in [6.45, 7) is 0.456. The van der Waals surface area contributed by atoms with Gasteiger partial charge in [0.15, 0.2) is 0 Å². The van der Waals surface area contributed by atoms with E-state index in [2.05, 4.69) is 9.97 Å². The number of alkyl halides is 2. The number of ether oxygens (including phenoxy) is 1. The number of benzene rings is 2. The van der Waals surface area contributed by atoms with Gasteiger partial charge in [-0.25, -0.2) is 18.6 Å². The van der Waals surface area contributed by atoms with Crippen LogP contribution in [0.15, 0.2) is 64.4 Å². The van der Waals surface area contributed by atoms with E-state index in [9.17, 15) is 18.8 Å². The molecule has 4 rings (SSSR count). The lowest BCUT2D eigenvalue weighted by atomic mass is 10.1. The number of pyridine rings is 1.